The predicted octanol–water partition coefficient (Wildman–Crippen LogP) is 3.68. The second kappa shape index (κ2) is 7.11. The third-order valence-corrected chi connectivity index (χ3v) is 4.78. The minimum absolute atomic E-state index is 0.131. The fourth-order valence-electron chi connectivity index (χ4n) is 2.21. The molecule has 0 aliphatic heterocycles. The first-order valence-corrected chi connectivity index (χ1v) is 8.88. The number of anilines is 1. The molecule has 5 nitrogen and oxygen atoms in total. The molecule has 1 amide bonds. The van der Waals surface area contributed by atoms with Gasteiger partial charge in [0.25, 0.3) is 5.56 Å². The van der Waals surface area contributed by atoms with Crippen molar-refractivity contribution in [2.24, 2.45) is 0 Å². The van der Waals surface area contributed by atoms with Crippen LogP contribution in [0.15, 0.2) is 57.1 Å². The molecule has 0 aliphatic carbocycles. The molecule has 2 aromatic heterocycles. The van der Waals surface area contributed by atoms with Gasteiger partial charge in [-0.1, -0.05) is 22.0 Å². The Hall–Kier alpha value is -2.25. The summed E-state index contributed by atoms with van der Waals surface area (Å²) in [5, 5.41) is 9.03. The molecule has 3 aromatic rings. The molecule has 122 valence electrons. The highest BCUT2D eigenvalue weighted by Gasteiger charge is 2.10. The van der Waals surface area contributed by atoms with Crippen molar-refractivity contribution in [3.8, 4) is 10.6 Å². The summed E-state index contributed by atoms with van der Waals surface area (Å²) >= 11 is 4.92. The van der Waals surface area contributed by atoms with Gasteiger partial charge in [-0.05, 0) is 48.2 Å². The lowest BCUT2D eigenvalue weighted by atomic mass is 10.2. The molecular formula is C17H14BrN3O2S. The average Bonchev–Trinajstić information content (AvgIpc) is 3.07. The molecule has 24 heavy (non-hydrogen) atoms. The van der Waals surface area contributed by atoms with Crippen LogP contribution in [0.2, 0.25) is 0 Å². The maximum absolute atomic E-state index is 12.2. The van der Waals surface area contributed by atoms with E-state index in [1.54, 1.807) is 6.07 Å². The van der Waals surface area contributed by atoms with Crippen LogP contribution in [0.5, 0.6) is 0 Å². The van der Waals surface area contributed by atoms with E-state index < -0.39 is 0 Å². The molecule has 0 unspecified atom stereocenters. The topological polar surface area (TPSA) is 64.0 Å². The zero-order valence-electron chi connectivity index (χ0n) is 12.8. The molecule has 2 heterocycles. The summed E-state index contributed by atoms with van der Waals surface area (Å²) < 4.78 is 2.12. The van der Waals surface area contributed by atoms with Crippen LogP contribution in [0.3, 0.4) is 0 Å². The van der Waals surface area contributed by atoms with E-state index in [1.807, 2.05) is 42.6 Å². The number of amides is 1. The lowest BCUT2D eigenvalue weighted by Gasteiger charge is -2.10. The van der Waals surface area contributed by atoms with Crippen molar-refractivity contribution in [1.29, 1.82) is 0 Å². The normalized spacial score (nSPS) is 10.6. The number of carbonyl (C=O) groups excluding carboxylic acids is 1. The van der Waals surface area contributed by atoms with E-state index >= 15 is 0 Å². The van der Waals surface area contributed by atoms with Gasteiger partial charge in [0.2, 0.25) is 5.91 Å². The van der Waals surface area contributed by atoms with Crippen molar-refractivity contribution in [2.75, 3.05) is 5.32 Å². The van der Waals surface area contributed by atoms with Crippen LogP contribution in [0.1, 0.15) is 5.56 Å². The molecule has 0 radical (unpaired) electrons. The molecule has 0 aliphatic rings. The first-order valence-electron chi connectivity index (χ1n) is 7.21. The summed E-state index contributed by atoms with van der Waals surface area (Å²) in [7, 11) is 0. The zero-order chi connectivity index (χ0) is 17.1. The SMILES string of the molecule is Cc1cc(Br)ccc1NC(=O)Cn1nc(-c2cccs2)ccc1=O. The molecule has 0 bridgehead atoms. The summed E-state index contributed by atoms with van der Waals surface area (Å²) in [4.78, 5) is 25.2. The number of hydrogen-bond acceptors (Lipinski definition) is 4. The largest absolute Gasteiger partial charge is 0.324 e. The number of rotatable bonds is 4. The number of halogens is 1. The maximum atomic E-state index is 12.2. The summed E-state index contributed by atoms with van der Waals surface area (Å²) in [6.07, 6.45) is 0. The van der Waals surface area contributed by atoms with E-state index in [0.29, 0.717) is 11.4 Å². The van der Waals surface area contributed by atoms with E-state index in [0.717, 1.165) is 14.9 Å². The van der Waals surface area contributed by atoms with Gasteiger partial charge in [0.1, 0.15) is 12.2 Å². The third kappa shape index (κ3) is 3.80. The number of nitrogens with zero attached hydrogens (tertiary/aromatic N) is 2. The van der Waals surface area contributed by atoms with Crippen LogP contribution in [-0.4, -0.2) is 15.7 Å². The number of benzene rings is 1. The van der Waals surface area contributed by atoms with Gasteiger partial charge in [0.15, 0.2) is 0 Å². The van der Waals surface area contributed by atoms with E-state index in [1.165, 1.54) is 22.1 Å². The number of hydrogen-bond donors (Lipinski definition) is 1. The first kappa shape index (κ1) is 16.6. The Bertz CT molecular complexity index is 935. The Balaban J connectivity index is 1.79. The van der Waals surface area contributed by atoms with Gasteiger partial charge in [0, 0.05) is 16.2 Å². The summed E-state index contributed by atoms with van der Waals surface area (Å²) in [6, 6.07) is 12.5. The number of aromatic nitrogens is 2. The lowest BCUT2D eigenvalue weighted by molar-refractivity contribution is -0.117. The van der Waals surface area contributed by atoms with Gasteiger partial charge in [-0.25, -0.2) is 4.68 Å². The fraction of sp³-hybridized carbons (Fsp3) is 0.118. The van der Waals surface area contributed by atoms with Crippen molar-refractivity contribution in [1.82, 2.24) is 9.78 Å². The van der Waals surface area contributed by atoms with Crippen molar-refractivity contribution in [2.45, 2.75) is 13.5 Å². The standard InChI is InChI=1S/C17H14BrN3O2S/c1-11-9-12(18)4-5-13(11)19-16(22)10-21-17(23)7-6-14(20-21)15-3-2-8-24-15/h2-9H,10H2,1H3,(H,19,22). The van der Waals surface area contributed by atoms with E-state index in [9.17, 15) is 9.59 Å². The van der Waals surface area contributed by atoms with Crippen LogP contribution in [0.4, 0.5) is 5.69 Å². The molecule has 3 rings (SSSR count). The monoisotopic (exact) mass is 403 g/mol. The Morgan fingerprint density at radius 3 is 2.83 bits per heavy atom. The molecule has 0 spiro atoms. The molecule has 0 atom stereocenters. The fourth-order valence-corrected chi connectivity index (χ4v) is 3.38. The van der Waals surface area contributed by atoms with Crippen LogP contribution in [0, 0.1) is 6.92 Å². The van der Waals surface area contributed by atoms with Gasteiger partial charge in [-0.15, -0.1) is 11.3 Å². The highest BCUT2D eigenvalue weighted by atomic mass is 79.9. The summed E-state index contributed by atoms with van der Waals surface area (Å²) in [5.41, 5.74) is 2.02. The first-order chi connectivity index (χ1) is 11.5. The number of nitrogens with one attached hydrogen (secondary N) is 1. The Morgan fingerprint density at radius 1 is 1.29 bits per heavy atom. The van der Waals surface area contributed by atoms with E-state index in [-0.39, 0.29) is 18.0 Å². The molecule has 0 saturated carbocycles. The van der Waals surface area contributed by atoms with Gasteiger partial charge in [0.05, 0.1) is 4.88 Å². The minimum Gasteiger partial charge on any atom is -0.324 e. The molecular weight excluding hydrogens is 390 g/mol. The molecule has 0 fully saturated rings. The summed E-state index contributed by atoms with van der Waals surface area (Å²) in [6.45, 7) is 1.77. The van der Waals surface area contributed by atoms with Gasteiger partial charge in [-0.3, -0.25) is 9.59 Å². The average molecular weight is 404 g/mol. The Labute approximate surface area is 151 Å². The summed E-state index contributed by atoms with van der Waals surface area (Å²) in [5.74, 6) is -0.293. The third-order valence-electron chi connectivity index (χ3n) is 3.40. The van der Waals surface area contributed by atoms with Crippen molar-refractivity contribution in [3.05, 3.63) is 68.2 Å². The second-order valence-electron chi connectivity index (χ2n) is 5.20. The van der Waals surface area contributed by atoms with E-state index in [2.05, 4.69) is 26.3 Å². The minimum atomic E-state index is -0.307. The highest BCUT2D eigenvalue weighted by Crippen LogP contribution is 2.21. The number of carbonyl (C=O) groups is 1. The van der Waals surface area contributed by atoms with Crippen LogP contribution >= 0.6 is 27.3 Å². The highest BCUT2D eigenvalue weighted by molar-refractivity contribution is 9.10. The van der Waals surface area contributed by atoms with Crippen molar-refractivity contribution >= 4 is 38.9 Å². The lowest BCUT2D eigenvalue weighted by Crippen LogP contribution is -2.29. The molecule has 0 saturated heterocycles. The second-order valence-corrected chi connectivity index (χ2v) is 7.06. The molecule has 1 N–H and O–H groups in total. The van der Waals surface area contributed by atoms with Crippen molar-refractivity contribution in [3.63, 3.8) is 0 Å². The quantitative estimate of drug-likeness (QED) is 0.722. The molecule has 1 aromatic carbocycles. The van der Waals surface area contributed by atoms with Crippen LogP contribution in [-0.2, 0) is 11.3 Å². The predicted molar refractivity (Wildman–Crippen MR) is 99.3 cm³/mol. The maximum Gasteiger partial charge on any atom is 0.267 e. The zero-order valence-corrected chi connectivity index (χ0v) is 15.2. The van der Waals surface area contributed by atoms with Gasteiger partial charge in [-0.2, -0.15) is 5.10 Å². The Morgan fingerprint density at radius 2 is 2.12 bits per heavy atom. The van der Waals surface area contributed by atoms with Gasteiger partial charge < -0.3 is 5.32 Å². The van der Waals surface area contributed by atoms with Crippen molar-refractivity contribution < 1.29 is 4.79 Å². The number of aryl methyl sites for hydroxylation is 1. The smallest absolute Gasteiger partial charge is 0.267 e. The Kier molecular flexibility index (Phi) is 4.92. The van der Waals surface area contributed by atoms with Crippen LogP contribution < -0.4 is 10.9 Å². The van der Waals surface area contributed by atoms with Crippen LogP contribution in [0.25, 0.3) is 10.6 Å². The van der Waals surface area contributed by atoms with Gasteiger partial charge >= 0.3 is 0 Å². The number of thiophene rings is 1. The van der Waals surface area contributed by atoms with E-state index in [4.69, 9.17) is 0 Å². The molecule has 7 heteroatoms.